The molecule has 0 unspecified atom stereocenters. The fourth-order valence-electron chi connectivity index (χ4n) is 3.30. The Balaban J connectivity index is 1.73. The van der Waals surface area contributed by atoms with Gasteiger partial charge in [0.05, 0.1) is 6.61 Å². The molecule has 28 heavy (non-hydrogen) atoms. The van der Waals surface area contributed by atoms with Crippen LogP contribution in [0.1, 0.15) is 52.2 Å². The second kappa shape index (κ2) is 9.37. The molecule has 0 spiro atoms. The first-order valence-electron chi connectivity index (χ1n) is 9.69. The van der Waals surface area contributed by atoms with Gasteiger partial charge in [0.2, 0.25) is 0 Å². The Bertz CT molecular complexity index is 820. The summed E-state index contributed by atoms with van der Waals surface area (Å²) in [4.78, 5) is 26.7. The van der Waals surface area contributed by atoms with Gasteiger partial charge in [0.15, 0.2) is 0 Å². The predicted molar refractivity (Wildman–Crippen MR) is 109 cm³/mol. The zero-order chi connectivity index (χ0) is 19.9. The SMILES string of the molecule is CCCCNC(=O)c1ccc(N[C@H]2c3ccccc3C(=O)N2CCOC)cc1. The molecule has 2 aromatic carbocycles. The molecule has 0 radical (unpaired) electrons. The predicted octanol–water partition coefficient (Wildman–Crippen LogP) is 3.43. The van der Waals surface area contributed by atoms with Crippen molar-refractivity contribution in [3.05, 3.63) is 65.2 Å². The lowest BCUT2D eigenvalue weighted by atomic mass is 10.1. The number of fused-ring (bicyclic) bond motifs is 1. The van der Waals surface area contributed by atoms with Gasteiger partial charge in [0.25, 0.3) is 11.8 Å². The van der Waals surface area contributed by atoms with Gasteiger partial charge in [-0.15, -0.1) is 0 Å². The van der Waals surface area contributed by atoms with Gasteiger partial charge in [0.1, 0.15) is 6.17 Å². The van der Waals surface area contributed by atoms with E-state index in [1.165, 1.54) is 0 Å². The van der Waals surface area contributed by atoms with Crippen molar-refractivity contribution in [3.8, 4) is 0 Å². The lowest BCUT2D eigenvalue weighted by Crippen LogP contribution is -2.35. The topological polar surface area (TPSA) is 70.7 Å². The van der Waals surface area contributed by atoms with Crippen LogP contribution < -0.4 is 10.6 Å². The number of carbonyl (C=O) groups excluding carboxylic acids is 2. The minimum absolute atomic E-state index is 0.00271. The van der Waals surface area contributed by atoms with E-state index in [1.807, 2.05) is 36.4 Å². The maximum absolute atomic E-state index is 12.7. The number of hydrogen-bond donors (Lipinski definition) is 2. The van der Waals surface area contributed by atoms with Crippen LogP contribution in [0.3, 0.4) is 0 Å². The lowest BCUT2D eigenvalue weighted by molar-refractivity contribution is 0.0674. The lowest BCUT2D eigenvalue weighted by Gasteiger charge is -2.27. The van der Waals surface area contributed by atoms with Crippen molar-refractivity contribution in [2.45, 2.75) is 25.9 Å². The molecule has 148 valence electrons. The second-order valence-electron chi connectivity index (χ2n) is 6.81. The molecule has 0 aromatic heterocycles. The van der Waals surface area contributed by atoms with E-state index in [0.29, 0.717) is 30.8 Å². The summed E-state index contributed by atoms with van der Waals surface area (Å²) < 4.78 is 5.17. The summed E-state index contributed by atoms with van der Waals surface area (Å²) in [6.45, 7) is 3.74. The van der Waals surface area contributed by atoms with Gasteiger partial charge in [-0.25, -0.2) is 0 Å². The number of carbonyl (C=O) groups is 2. The Morgan fingerprint density at radius 3 is 2.61 bits per heavy atom. The van der Waals surface area contributed by atoms with Gasteiger partial charge in [-0.1, -0.05) is 31.5 Å². The molecule has 6 heteroatoms. The van der Waals surface area contributed by atoms with Crippen LogP contribution >= 0.6 is 0 Å². The molecule has 0 saturated carbocycles. The number of anilines is 1. The van der Waals surface area contributed by atoms with Crippen LogP contribution in [0, 0.1) is 0 Å². The van der Waals surface area contributed by atoms with Crippen molar-refractivity contribution in [2.24, 2.45) is 0 Å². The average Bonchev–Trinajstić information content (AvgIpc) is 2.98. The number of rotatable bonds is 9. The minimum Gasteiger partial charge on any atom is -0.383 e. The normalized spacial score (nSPS) is 15.4. The van der Waals surface area contributed by atoms with Gasteiger partial charge < -0.3 is 20.3 Å². The van der Waals surface area contributed by atoms with Crippen molar-refractivity contribution >= 4 is 17.5 Å². The third kappa shape index (κ3) is 4.34. The summed E-state index contributed by atoms with van der Waals surface area (Å²) in [7, 11) is 1.63. The molecule has 0 saturated heterocycles. The molecule has 0 fully saturated rings. The molecule has 6 nitrogen and oxygen atoms in total. The molecule has 2 N–H and O–H groups in total. The number of hydrogen-bond acceptors (Lipinski definition) is 4. The average molecular weight is 381 g/mol. The van der Waals surface area contributed by atoms with E-state index in [4.69, 9.17) is 4.74 Å². The maximum atomic E-state index is 12.7. The van der Waals surface area contributed by atoms with E-state index < -0.39 is 0 Å². The van der Waals surface area contributed by atoms with Crippen LogP contribution in [-0.4, -0.2) is 43.5 Å². The van der Waals surface area contributed by atoms with Gasteiger partial charge in [-0.3, -0.25) is 9.59 Å². The van der Waals surface area contributed by atoms with E-state index >= 15 is 0 Å². The standard InChI is InChI=1S/C22H27N3O3/c1-3-4-13-23-21(26)16-9-11-17(12-10-16)24-20-18-7-5-6-8-19(18)22(27)25(20)14-15-28-2/h5-12,20,24H,3-4,13-15H2,1-2H3,(H,23,26)/t20-/m1/s1. The third-order valence-corrected chi connectivity index (χ3v) is 4.86. The number of unbranched alkanes of at least 4 members (excludes halogenated alkanes) is 1. The monoisotopic (exact) mass is 381 g/mol. The van der Waals surface area contributed by atoms with Crippen LogP contribution in [0.15, 0.2) is 48.5 Å². The molecule has 0 bridgehead atoms. The van der Waals surface area contributed by atoms with E-state index in [2.05, 4.69) is 17.6 Å². The smallest absolute Gasteiger partial charge is 0.256 e. The molecule has 1 heterocycles. The highest BCUT2D eigenvalue weighted by Gasteiger charge is 2.36. The number of methoxy groups -OCH3 is 1. The molecular weight excluding hydrogens is 354 g/mol. The van der Waals surface area contributed by atoms with E-state index in [-0.39, 0.29) is 18.0 Å². The third-order valence-electron chi connectivity index (χ3n) is 4.86. The molecule has 2 amide bonds. The minimum atomic E-state index is -0.261. The van der Waals surface area contributed by atoms with E-state index in [1.54, 1.807) is 24.1 Å². The fraction of sp³-hybridized carbons (Fsp3) is 0.364. The van der Waals surface area contributed by atoms with Gasteiger partial charge in [-0.2, -0.15) is 0 Å². The summed E-state index contributed by atoms with van der Waals surface area (Å²) in [5.41, 5.74) is 3.14. The highest BCUT2D eigenvalue weighted by molar-refractivity contribution is 5.99. The quantitative estimate of drug-likeness (QED) is 0.653. The first kappa shape index (κ1) is 19.9. The summed E-state index contributed by atoms with van der Waals surface area (Å²) >= 11 is 0. The zero-order valence-corrected chi connectivity index (χ0v) is 16.4. The molecule has 3 rings (SSSR count). The first-order chi connectivity index (χ1) is 13.7. The van der Waals surface area contributed by atoms with E-state index in [0.717, 1.165) is 24.1 Å². The number of benzene rings is 2. The summed E-state index contributed by atoms with van der Waals surface area (Å²) in [5, 5.41) is 6.34. The Hall–Kier alpha value is -2.86. The van der Waals surface area contributed by atoms with Gasteiger partial charge in [-0.05, 0) is 36.8 Å². The van der Waals surface area contributed by atoms with Crippen molar-refractivity contribution in [2.75, 3.05) is 32.1 Å². The number of ether oxygens (including phenoxy) is 1. The highest BCUT2D eigenvalue weighted by atomic mass is 16.5. The second-order valence-corrected chi connectivity index (χ2v) is 6.81. The van der Waals surface area contributed by atoms with Crippen LogP contribution in [0.4, 0.5) is 5.69 Å². The van der Waals surface area contributed by atoms with Crippen LogP contribution in [0.25, 0.3) is 0 Å². The Morgan fingerprint density at radius 1 is 1.14 bits per heavy atom. The zero-order valence-electron chi connectivity index (χ0n) is 16.4. The maximum Gasteiger partial charge on any atom is 0.256 e. The largest absolute Gasteiger partial charge is 0.383 e. The molecule has 1 aliphatic heterocycles. The first-order valence-corrected chi connectivity index (χ1v) is 9.69. The molecule has 1 aliphatic rings. The molecule has 1 atom stereocenters. The van der Waals surface area contributed by atoms with Crippen molar-refractivity contribution < 1.29 is 14.3 Å². The van der Waals surface area contributed by atoms with Crippen LogP contribution in [0.2, 0.25) is 0 Å². The Labute approximate surface area is 165 Å². The molecule has 0 aliphatic carbocycles. The van der Waals surface area contributed by atoms with Crippen molar-refractivity contribution in [3.63, 3.8) is 0 Å². The van der Waals surface area contributed by atoms with Gasteiger partial charge in [0, 0.05) is 42.6 Å². The number of nitrogens with zero attached hydrogens (tertiary/aromatic N) is 1. The van der Waals surface area contributed by atoms with E-state index in [9.17, 15) is 9.59 Å². The fourth-order valence-corrected chi connectivity index (χ4v) is 3.30. The summed E-state index contributed by atoms with van der Waals surface area (Å²) in [6, 6.07) is 15.0. The summed E-state index contributed by atoms with van der Waals surface area (Å²) in [6.07, 6.45) is 1.75. The molecule has 2 aromatic rings. The Kier molecular flexibility index (Phi) is 6.66. The number of nitrogens with one attached hydrogen (secondary N) is 2. The van der Waals surface area contributed by atoms with Crippen molar-refractivity contribution in [1.82, 2.24) is 10.2 Å². The van der Waals surface area contributed by atoms with Crippen molar-refractivity contribution in [1.29, 1.82) is 0 Å². The van der Waals surface area contributed by atoms with Gasteiger partial charge >= 0.3 is 0 Å². The van der Waals surface area contributed by atoms with Crippen LogP contribution in [-0.2, 0) is 4.74 Å². The summed E-state index contributed by atoms with van der Waals surface area (Å²) in [5.74, 6) is -0.0693. The van der Waals surface area contributed by atoms with Crippen LogP contribution in [0.5, 0.6) is 0 Å². The Morgan fingerprint density at radius 2 is 1.89 bits per heavy atom. The number of amides is 2. The highest BCUT2D eigenvalue weighted by Crippen LogP contribution is 2.34. The molecular formula is C22H27N3O3.